The Hall–Kier alpha value is -2.73. The van der Waals surface area contributed by atoms with Gasteiger partial charge < -0.3 is 25.5 Å². The summed E-state index contributed by atoms with van der Waals surface area (Å²) in [5, 5.41) is 0.816. The monoisotopic (exact) mass is 310 g/mol. The molecule has 0 radical (unpaired) electrons. The standard InChI is InChI=1S/C17H18N4O2/c18-16-15-13(9-20-10-14(15)23-17(16)19)11-1-3-12(4-2-11)21-5-7-22-8-6-21/h1-4,9-10H,5-8,18-19H2. The molecule has 0 amide bonds. The first-order valence-corrected chi connectivity index (χ1v) is 7.58. The zero-order valence-corrected chi connectivity index (χ0v) is 12.7. The van der Waals surface area contributed by atoms with E-state index in [1.54, 1.807) is 12.4 Å². The van der Waals surface area contributed by atoms with Crippen LogP contribution in [-0.4, -0.2) is 31.3 Å². The quantitative estimate of drug-likeness (QED) is 0.756. The topological polar surface area (TPSA) is 90.5 Å². The van der Waals surface area contributed by atoms with Crippen LogP contribution < -0.4 is 16.4 Å². The highest BCUT2D eigenvalue weighted by Gasteiger charge is 2.15. The molecule has 1 aliphatic heterocycles. The average Bonchev–Trinajstić information content (AvgIpc) is 2.90. The van der Waals surface area contributed by atoms with Crippen molar-refractivity contribution in [2.75, 3.05) is 42.7 Å². The molecule has 0 unspecified atom stereocenters. The molecule has 2 aromatic heterocycles. The molecule has 4 rings (SSSR count). The third kappa shape index (κ3) is 2.37. The first kappa shape index (κ1) is 13.9. The number of rotatable bonds is 2. The van der Waals surface area contributed by atoms with Gasteiger partial charge in [0.25, 0.3) is 0 Å². The summed E-state index contributed by atoms with van der Waals surface area (Å²) < 4.78 is 10.8. The van der Waals surface area contributed by atoms with Crippen LogP contribution in [0.5, 0.6) is 0 Å². The number of nitrogens with zero attached hydrogens (tertiary/aromatic N) is 2. The number of furan rings is 1. The van der Waals surface area contributed by atoms with Gasteiger partial charge in [0.05, 0.1) is 24.8 Å². The second-order valence-corrected chi connectivity index (χ2v) is 5.59. The second kappa shape index (κ2) is 5.48. The Morgan fingerprint density at radius 2 is 1.74 bits per heavy atom. The maximum absolute atomic E-state index is 6.05. The van der Waals surface area contributed by atoms with Crippen LogP contribution in [0.4, 0.5) is 17.3 Å². The molecule has 0 bridgehead atoms. The highest BCUT2D eigenvalue weighted by atomic mass is 16.5. The number of benzene rings is 1. The Balaban J connectivity index is 1.73. The van der Waals surface area contributed by atoms with Crippen LogP contribution in [0, 0.1) is 0 Å². The molecule has 1 aromatic carbocycles. The fraction of sp³-hybridized carbons (Fsp3) is 0.235. The third-order valence-corrected chi connectivity index (χ3v) is 4.22. The van der Waals surface area contributed by atoms with Crippen LogP contribution in [0.2, 0.25) is 0 Å². The second-order valence-electron chi connectivity index (χ2n) is 5.59. The Kier molecular flexibility index (Phi) is 3.31. The molecule has 4 N–H and O–H groups in total. The third-order valence-electron chi connectivity index (χ3n) is 4.22. The number of nitrogens with two attached hydrogens (primary N) is 2. The Labute approximate surface area is 133 Å². The van der Waals surface area contributed by atoms with Gasteiger partial charge in [0.1, 0.15) is 5.69 Å². The number of aromatic nitrogens is 1. The van der Waals surface area contributed by atoms with E-state index in [1.165, 1.54) is 5.69 Å². The van der Waals surface area contributed by atoms with E-state index in [1.807, 2.05) is 0 Å². The van der Waals surface area contributed by atoms with Crippen molar-refractivity contribution in [3.05, 3.63) is 36.7 Å². The summed E-state index contributed by atoms with van der Waals surface area (Å²) in [6, 6.07) is 8.37. The fourth-order valence-electron chi connectivity index (χ4n) is 2.99. The number of nitrogen functional groups attached to an aromatic ring is 2. The normalized spacial score (nSPS) is 15.2. The van der Waals surface area contributed by atoms with Gasteiger partial charge in [-0.25, -0.2) is 0 Å². The molecule has 6 heteroatoms. The minimum atomic E-state index is 0.235. The van der Waals surface area contributed by atoms with Gasteiger partial charge in [-0.05, 0) is 17.7 Å². The smallest absolute Gasteiger partial charge is 0.214 e. The maximum atomic E-state index is 6.05. The van der Waals surface area contributed by atoms with Crippen LogP contribution in [0.1, 0.15) is 0 Å². The highest BCUT2D eigenvalue weighted by molar-refractivity contribution is 6.04. The molecule has 1 fully saturated rings. The SMILES string of the molecule is Nc1oc2cncc(-c3ccc(N4CCOCC4)cc3)c2c1N. The molecule has 1 saturated heterocycles. The van der Waals surface area contributed by atoms with Crippen molar-refractivity contribution in [3.8, 4) is 11.1 Å². The summed E-state index contributed by atoms with van der Waals surface area (Å²) in [6.07, 6.45) is 3.42. The number of pyridine rings is 1. The van der Waals surface area contributed by atoms with Crippen LogP contribution in [0.25, 0.3) is 22.1 Å². The van der Waals surface area contributed by atoms with E-state index in [0.717, 1.165) is 42.8 Å². The summed E-state index contributed by atoms with van der Waals surface area (Å²) in [4.78, 5) is 6.54. The van der Waals surface area contributed by atoms with E-state index < -0.39 is 0 Å². The minimum Gasteiger partial charge on any atom is -0.437 e. The van der Waals surface area contributed by atoms with Gasteiger partial charge in [0.2, 0.25) is 5.88 Å². The summed E-state index contributed by atoms with van der Waals surface area (Å²) in [5.41, 5.74) is 16.1. The summed E-state index contributed by atoms with van der Waals surface area (Å²) in [6.45, 7) is 3.38. The number of ether oxygens (including phenoxy) is 1. The molecule has 0 spiro atoms. The van der Waals surface area contributed by atoms with Gasteiger partial charge in [0.15, 0.2) is 5.58 Å². The van der Waals surface area contributed by atoms with Crippen molar-refractivity contribution >= 4 is 28.2 Å². The molecular weight excluding hydrogens is 292 g/mol. The van der Waals surface area contributed by atoms with Crippen LogP contribution in [0.15, 0.2) is 41.1 Å². The van der Waals surface area contributed by atoms with Gasteiger partial charge >= 0.3 is 0 Å². The van der Waals surface area contributed by atoms with Crippen LogP contribution in [0.3, 0.4) is 0 Å². The lowest BCUT2D eigenvalue weighted by atomic mass is 10.0. The molecule has 3 aromatic rings. The first-order valence-electron chi connectivity index (χ1n) is 7.58. The predicted octanol–water partition coefficient (Wildman–Crippen LogP) is 2.50. The molecular formula is C17H18N4O2. The molecule has 3 heterocycles. The zero-order chi connectivity index (χ0) is 15.8. The predicted molar refractivity (Wildman–Crippen MR) is 91.3 cm³/mol. The van der Waals surface area contributed by atoms with E-state index in [4.69, 9.17) is 20.6 Å². The van der Waals surface area contributed by atoms with Gasteiger partial charge in [-0.3, -0.25) is 4.98 Å². The van der Waals surface area contributed by atoms with Crippen LogP contribution >= 0.6 is 0 Å². The summed E-state index contributed by atoms with van der Waals surface area (Å²) >= 11 is 0. The van der Waals surface area contributed by atoms with Crippen LogP contribution in [-0.2, 0) is 4.74 Å². The van der Waals surface area contributed by atoms with E-state index in [9.17, 15) is 0 Å². The van der Waals surface area contributed by atoms with Gasteiger partial charge in [0, 0.05) is 30.5 Å². The average molecular weight is 310 g/mol. The molecule has 0 aliphatic carbocycles. The fourth-order valence-corrected chi connectivity index (χ4v) is 2.99. The first-order chi connectivity index (χ1) is 11.2. The van der Waals surface area contributed by atoms with Gasteiger partial charge in [-0.1, -0.05) is 12.1 Å². The molecule has 0 atom stereocenters. The van der Waals surface area contributed by atoms with Crippen molar-refractivity contribution in [1.29, 1.82) is 0 Å². The molecule has 0 saturated carbocycles. The molecule has 118 valence electrons. The Morgan fingerprint density at radius 3 is 2.48 bits per heavy atom. The number of hydrogen-bond acceptors (Lipinski definition) is 6. The van der Waals surface area contributed by atoms with E-state index in [-0.39, 0.29) is 5.88 Å². The highest BCUT2D eigenvalue weighted by Crippen LogP contribution is 2.37. The van der Waals surface area contributed by atoms with Crippen molar-refractivity contribution in [3.63, 3.8) is 0 Å². The summed E-state index contributed by atoms with van der Waals surface area (Å²) in [5.74, 6) is 0.235. The number of hydrogen-bond donors (Lipinski definition) is 2. The van der Waals surface area contributed by atoms with Crippen molar-refractivity contribution in [2.24, 2.45) is 0 Å². The van der Waals surface area contributed by atoms with Gasteiger partial charge in [-0.2, -0.15) is 0 Å². The van der Waals surface area contributed by atoms with E-state index in [2.05, 4.69) is 34.1 Å². The van der Waals surface area contributed by atoms with Crippen molar-refractivity contribution < 1.29 is 9.15 Å². The molecule has 1 aliphatic rings. The zero-order valence-electron chi connectivity index (χ0n) is 12.7. The Morgan fingerprint density at radius 1 is 1.00 bits per heavy atom. The summed E-state index contributed by atoms with van der Waals surface area (Å²) in [7, 11) is 0. The van der Waals surface area contributed by atoms with Gasteiger partial charge in [-0.15, -0.1) is 0 Å². The number of morpholine rings is 1. The van der Waals surface area contributed by atoms with E-state index >= 15 is 0 Å². The molecule has 23 heavy (non-hydrogen) atoms. The lowest BCUT2D eigenvalue weighted by Crippen LogP contribution is -2.36. The minimum absolute atomic E-state index is 0.235. The lowest BCUT2D eigenvalue weighted by molar-refractivity contribution is 0.122. The lowest BCUT2D eigenvalue weighted by Gasteiger charge is -2.28. The Bertz CT molecular complexity index is 836. The largest absolute Gasteiger partial charge is 0.437 e. The van der Waals surface area contributed by atoms with E-state index in [0.29, 0.717) is 11.3 Å². The molecule has 6 nitrogen and oxygen atoms in total. The van der Waals surface area contributed by atoms with Crippen molar-refractivity contribution in [2.45, 2.75) is 0 Å². The number of fused-ring (bicyclic) bond motifs is 1. The maximum Gasteiger partial charge on any atom is 0.214 e. The van der Waals surface area contributed by atoms with Crippen molar-refractivity contribution in [1.82, 2.24) is 4.98 Å². The number of anilines is 3.